The Kier molecular flexibility index (Phi) is 5.29. The number of cyclic esters (lactones) is 1. The number of ether oxygens (including phenoxy) is 1. The molecule has 1 amide bonds. The van der Waals surface area contributed by atoms with E-state index < -0.39 is 0 Å². The zero-order valence-electron chi connectivity index (χ0n) is 13.6. The zero-order valence-corrected chi connectivity index (χ0v) is 13.6. The van der Waals surface area contributed by atoms with Crippen LogP contribution in [0.4, 0.5) is 4.79 Å². The summed E-state index contributed by atoms with van der Waals surface area (Å²) in [5, 5.41) is 1.63. The van der Waals surface area contributed by atoms with Gasteiger partial charge < -0.3 is 4.74 Å². The van der Waals surface area contributed by atoms with Gasteiger partial charge in [-0.1, -0.05) is 66.7 Å². The molecule has 3 rings (SSSR count). The third-order valence-electron chi connectivity index (χ3n) is 4.17. The highest BCUT2D eigenvalue weighted by Gasteiger charge is 2.34. The number of benzene rings is 2. The molecule has 2 aromatic rings. The van der Waals surface area contributed by atoms with E-state index in [1.54, 1.807) is 5.01 Å². The van der Waals surface area contributed by atoms with E-state index in [9.17, 15) is 4.79 Å². The molecule has 2 atom stereocenters. The summed E-state index contributed by atoms with van der Waals surface area (Å²) in [6, 6.07) is 20.2. The summed E-state index contributed by atoms with van der Waals surface area (Å²) >= 11 is 0. The van der Waals surface area contributed by atoms with Crippen LogP contribution >= 0.6 is 0 Å². The Balaban J connectivity index is 1.74. The summed E-state index contributed by atoms with van der Waals surface area (Å²) in [5.74, 6) is 0. The van der Waals surface area contributed by atoms with Crippen LogP contribution in [-0.4, -0.2) is 23.8 Å². The van der Waals surface area contributed by atoms with Gasteiger partial charge in [-0.2, -0.15) is 0 Å². The first-order valence-corrected chi connectivity index (χ1v) is 8.20. The number of carbonyl (C=O) groups is 1. The maximum absolute atomic E-state index is 12.2. The van der Waals surface area contributed by atoms with E-state index >= 15 is 0 Å². The molecule has 0 radical (unpaired) electrons. The van der Waals surface area contributed by atoms with Crippen LogP contribution in [0.3, 0.4) is 0 Å². The molecule has 1 heterocycles. The summed E-state index contributed by atoms with van der Waals surface area (Å²) < 4.78 is 5.26. The average Bonchev–Trinajstić information content (AvgIpc) is 2.96. The van der Waals surface area contributed by atoms with Crippen LogP contribution in [0.1, 0.15) is 23.6 Å². The minimum absolute atomic E-state index is 0.00683. The van der Waals surface area contributed by atoms with Crippen LogP contribution < -0.4 is 5.43 Å². The Morgan fingerprint density at radius 1 is 1.17 bits per heavy atom. The van der Waals surface area contributed by atoms with E-state index in [4.69, 9.17) is 4.74 Å². The van der Waals surface area contributed by atoms with E-state index in [1.165, 1.54) is 5.56 Å². The molecule has 2 aromatic carbocycles. The molecule has 1 fully saturated rings. The number of hydrogen-bond acceptors (Lipinski definition) is 3. The molecule has 1 aliphatic rings. The Labute approximate surface area is 142 Å². The second-order valence-electron chi connectivity index (χ2n) is 5.91. The number of hydrazine groups is 1. The van der Waals surface area contributed by atoms with Crippen LogP contribution in [0.5, 0.6) is 0 Å². The zero-order chi connectivity index (χ0) is 16.8. The van der Waals surface area contributed by atoms with Crippen LogP contribution in [0.15, 0.2) is 73.3 Å². The third kappa shape index (κ3) is 3.84. The van der Waals surface area contributed by atoms with E-state index in [2.05, 4.69) is 36.3 Å². The van der Waals surface area contributed by atoms with Gasteiger partial charge in [0.25, 0.3) is 0 Å². The fourth-order valence-corrected chi connectivity index (χ4v) is 2.94. The van der Waals surface area contributed by atoms with E-state index in [1.807, 2.05) is 42.5 Å². The fourth-order valence-electron chi connectivity index (χ4n) is 2.94. The number of amides is 1. The highest BCUT2D eigenvalue weighted by molar-refractivity contribution is 5.69. The predicted molar refractivity (Wildman–Crippen MR) is 94.3 cm³/mol. The first-order valence-electron chi connectivity index (χ1n) is 8.20. The quantitative estimate of drug-likeness (QED) is 0.787. The Hall–Kier alpha value is -2.59. The molecule has 0 spiro atoms. The standard InChI is InChI=1S/C20H22N2O2/c1-2-9-19(17-12-7-4-8-13-17)21-22-18(15-24-20(22)23)14-16-10-5-3-6-11-16/h2-8,10-13,18-19,21H,1,9,14-15H2/t18-,19-/m0/s1. The Morgan fingerprint density at radius 2 is 1.83 bits per heavy atom. The van der Waals surface area contributed by atoms with Crippen molar-refractivity contribution < 1.29 is 9.53 Å². The van der Waals surface area contributed by atoms with Gasteiger partial charge in [0.05, 0.1) is 12.1 Å². The molecule has 1 saturated heterocycles. The predicted octanol–water partition coefficient (Wildman–Crippen LogP) is 3.87. The first kappa shape index (κ1) is 16.3. The van der Waals surface area contributed by atoms with Crippen molar-refractivity contribution >= 4 is 6.09 Å². The van der Waals surface area contributed by atoms with Crippen LogP contribution in [0.25, 0.3) is 0 Å². The molecule has 124 valence electrons. The lowest BCUT2D eigenvalue weighted by Gasteiger charge is -2.28. The third-order valence-corrected chi connectivity index (χ3v) is 4.17. The molecule has 4 heteroatoms. The maximum Gasteiger partial charge on any atom is 0.424 e. The van der Waals surface area contributed by atoms with Gasteiger partial charge in [-0.3, -0.25) is 0 Å². The lowest BCUT2D eigenvalue weighted by atomic mass is 10.0. The fraction of sp³-hybridized carbons (Fsp3) is 0.250. The molecular formula is C20H22N2O2. The highest BCUT2D eigenvalue weighted by atomic mass is 16.6. The molecule has 0 aliphatic carbocycles. The summed E-state index contributed by atoms with van der Waals surface area (Å²) in [4.78, 5) is 12.2. The molecule has 0 bridgehead atoms. The van der Waals surface area contributed by atoms with Crippen molar-refractivity contribution in [2.45, 2.75) is 24.9 Å². The van der Waals surface area contributed by atoms with Crippen molar-refractivity contribution in [2.75, 3.05) is 6.61 Å². The summed E-state index contributed by atoms with van der Waals surface area (Å²) in [6.07, 6.45) is 3.03. The van der Waals surface area contributed by atoms with E-state index in [0.717, 1.165) is 18.4 Å². The topological polar surface area (TPSA) is 41.6 Å². The number of rotatable bonds is 7. The van der Waals surface area contributed by atoms with E-state index in [-0.39, 0.29) is 18.2 Å². The van der Waals surface area contributed by atoms with Gasteiger partial charge in [-0.05, 0) is 24.0 Å². The molecule has 24 heavy (non-hydrogen) atoms. The summed E-state index contributed by atoms with van der Waals surface area (Å²) in [7, 11) is 0. The van der Waals surface area contributed by atoms with Gasteiger partial charge in [-0.15, -0.1) is 6.58 Å². The van der Waals surface area contributed by atoms with E-state index in [0.29, 0.717) is 6.61 Å². The van der Waals surface area contributed by atoms with Crippen LogP contribution in [-0.2, 0) is 11.2 Å². The lowest BCUT2D eigenvalue weighted by molar-refractivity contribution is 0.130. The van der Waals surface area contributed by atoms with Crippen LogP contribution in [0, 0.1) is 0 Å². The van der Waals surface area contributed by atoms with Crippen molar-refractivity contribution in [3.63, 3.8) is 0 Å². The minimum atomic E-state index is -0.319. The van der Waals surface area contributed by atoms with Gasteiger partial charge in [0.1, 0.15) is 6.61 Å². The second kappa shape index (κ2) is 7.79. The van der Waals surface area contributed by atoms with Gasteiger partial charge in [0.2, 0.25) is 0 Å². The van der Waals surface area contributed by atoms with Crippen molar-refractivity contribution in [1.82, 2.24) is 10.4 Å². The van der Waals surface area contributed by atoms with Crippen LogP contribution in [0.2, 0.25) is 0 Å². The number of nitrogens with one attached hydrogen (secondary N) is 1. The smallest absolute Gasteiger partial charge is 0.424 e. The Morgan fingerprint density at radius 3 is 2.50 bits per heavy atom. The SMILES string of the molecule is C=CC[C@H](NN1C(=O)OC[C@@H]1Cc1ccccc1)c1ccccc1. The summed E-state index contributed by atoms with van der Waals surface area (Å²) in [5.41, 5.74) is 5.65. The maximum atomic E-state index is 12.2. The number of nitrogens with zero attached hydrogens (tertiary/aromatic N) is 1. The first-order chi connectivity index (χ1) is 11.8. The van der Waals surface area contributed by atoms with Crippen molar-refractivity contribution in [3.8, 4) is 0 Å². The number of carbonyl (C=O) groups excluding carboxylic acids is 1. The minimum Gasteiger partial charge on any atom is -0.446 e. The molecule has 1 N–H and O–H groups in total. The lowest BCUT2D eigenvalue weighted by Crippen LogP contribution is -2.47. The summed E-state index contributed by atoms with van der Waals surface area (Å²) in [6.45, 7) is 4.23. The number of hydrogen-bond donors (Lipinski definition) is 1. The normalized spacial score (nSPS) is 18.2. The largest absolute Gasteiger partial charge is 0.446 e. The van der Waals surface area contributed by atoms with Gasteiger partial charge in [0, 0.05) is 0 Å². The molecular weight excluding hydrogens is 300 g/mol. The van der Waals surface area contributed by atoms with Gasteiger partial charge in [-0.25, -0.2) is 15.2 Å². The van der Waals surface area contributed by atoms with Gasteiger partial charge >= 0.3 is 6.09 Å². The molecule has 0 saturated carbocycles. The molecule has 1 aliphatic heterocycles. The average molecular weight is 322 g/mol. The van der Waals surface area contributed by atoms with Crippen molar-refractivity contribution in [1.29, 1.82) is 0 Å². The molecule has 4 nitrogen and oxygen atoms in total. The molecule has 0 unspecified atom stereocenters. The van der Waals surface area contributed by atoms with Crippen molar-refractivity contribution in [3.05, 3.63) is 84.4 Å². The highest BCUT2D eigenvalue weighted by Crippen LogP contribution is 2.22. The molecule has 0 aromatic heterocycles. The Bertz CT molecular complexity index is 673. The monoisotopic (exact) mass is 322 g/mol. The van der Waals surface area contributed by atoms with Crippen molar-refractivity contribution in [2.24, 2.45) is 0 Å². The second-order valence-corrected chi connectivity index (χ2v) is 5.91. The van der Waals surface area contributed by atoms with Gasteiger partial charge in [0.15, 0.2) is 0 Å².